The molecule has 2 atom stereocenters. The van der Waals surface area contributed by atoms with Gasteiger partial charge in [0.05, 0.1) is 0 Å². The van der Waals surface area contributed by atoms with E-state index in [9.17, 15) is 8.78 Å². The van der Waals surface area contributed by atoms with Crippen LogP contribution in [0.3, 0.4) is 0 Å². The standard InChI is InChI=1S/C21H18F2N2O/c22-18-11-20(26-13-14-5-2-1-3-6-14)19(23)10-15(18)9-16-12-25-21-17(16)7-4-8-24-21/h1-8,10-12,17,21,25H,9,13H2. The minimum Gasteiger partial charge on any atom is -0.486 e. The van der Waals surface area contributed by atoms with E-state index in [-0.39, 0.29) is 24.4 Å². The summed E-state index contributed by atoms with van der Waals surface area (Å²) in [6, 6.07) is 11.7. The highest BCUT2D eigenvalue weighted by Crippen LogP contribution is 2.30. The molecule has 0 bridgehead atoms. The van der Waals surface area contributed by atoms with Gasteiger partial charge in [0.15, 0.2) is 11.6 Å². The Morgan fingerprint density at radius 2 is 1.92 bits per heavy atom. The van der Waals surface area contributed by atoms with Crippen LogP contribution in [0.4, 0.5) is 8.78 Å². The summed E-state index contributed by atoms with van der Waals surface area (Å²) in [6.45, 7) is 0.193. The quantitative estimate of drug-likeness (QED) is 0.877. The number of halogens is 2. The molecule has 0 saturated carbocycles. The summed E-state index contributed by atoms with van der Waals surface area (Å²) in [4.78, 5) is 4.33. The highest BCUT2D eigenvalue weighted by Gasteiger charge is 2.28. The van der Waals surface area contributed by atoms with Crippen molar-refractivity contribution in [2.24, 2.45) is 10.9 Å². The molecule has 2 heterocycles. The minimum atomic E-state index is -0.558. The molecule has 0 aromatic heterocycles. The van der Waals surface area contributed by atoms with E-state index in [1.807, 2.05) is 48.7 Å². The Labute approximate surface area is 150 Å². The zero-order chi connectivity index (χ0) is 17.9. The van der Waals surface area contributed by atoms with Gasteiger partial charge in [0.2, 0.25) is 0 Å². The number of hydrogen-bond acceptors (Lipinski definition) is 3. The number of fused-ring (bicyclic) bond motifs is 1. The SMILES string of the molecule is Fc1cc(OCc2ccccc2)c(F)cc1CC1=CNC2N=CC=CC12. The number of nitrogens with zero attached hydrogens (tertiary/aromatic N) is 1. The predicted molar refractivity (Wildman–Crippen MR) is 97.0 cm³/mol. The van der Waals surface area contributed by atoms with Gasteiger partial charge in [-0.05, 0) is 41.5 Å². The first-order chi connectivity index (χ1) is 12.7. The maximum Gasteiger partial charge on any atom is 0.165 e. The second-order valence-corrected chi connectivity index (χ2v) is 6.36. The van der Waals surface area contributed by atoms with Crippen molar-refractivity contribution in [1.29, 1.82) is 0 Å². The molecule has 2 aliphatic rings. The lowest BCUT2D eigenvalue weighted by Gasteiger charge is -2.18. The first kappa shape index (κ1) is 16.5. The second kappa shape index (κ2) is 7.12. The van der Waals surface area contributed by atoms with Crippen LogP contribution >= 0.6 is 0 Å². The maximum atomic E-state index is 14.5. The number of aliphatic imine (C=N–C) groups is 1. The van der Waals surface area contributed by atoms with Crippen LogP contribution in [0.1, 0.15) is 11.1 Å². The third kappa shape index (κ3) is 3.38. The van der Waals surface area contributed by atoms with Crippen molar-refractivity contribution in [3.05, 3.63) is 89.2 Å². The van der Waals surface area contributed by atoms with Crippen LogP contribution in [0.15, 0.2) is 71.4 Å². The van der Waals surface area contributed by atoms with Gasteiger partial charge >= 0.3 is 0 Å². The molecule has 0 aliphatic carbocycles. The Morgan fingerprint density at radius 3 is 2.77 bits per heavy atom. The highest BCUT2D eigenvalue weighted by molar-refractivity contribution is 5.73. The van der Waals surface area contributed by atoms with Crippen molar-refractivity contribution in [2.45, 2.75) is 19.2 Å². The Morgan fingerprint density at radius 1 is 1.08 bits per heavy atom. The van der Waals surface area contributed by atoms with Crippen LogP contribution in [0.25, 0.3) is 0 Å². The molecule has 2 aromatic rings. The molecular formula is C21H18F2N2O. The summed E-state index contributed by atoms with van der Waals surface area (Å²) in [6.07, 6.45) is 7.77. The fourth-order valence-corrected chi connectivity index (χ4v) is 3.21. The molecule has 132 valence electrons. The smallest absolute Gasteiger partial charge is 0.165 e. The lowest BCUT2D eigenvalue weighted by molar-refractivity contribution is 0.288. The van der Waals surface area contributed by atoms with Crippen molar-refractivity contribution in [2.75, 3.05) is 0 Å². The summed E-state index contributed by atoms with van der Waals surface area (Å²) in [5, 5.41) is 3.16. The number of rotatable bonds is 5. The van der Waals surface area contributed by atoms with Crippen molar-refractivity contribution in [1.82, 2.24) is 5.32 Å². The van der Waals surface area contributed by atoms with Gasteiger partial charge in [-0.3, -0.25) is 4.99 Å². The fraction of sp³-hybridized carbons (Fsp3) is 0.190. The molecular weight excluding hydrogens is 334 g/mol. The molecule has 4 rings (SSSR count). The molecule has 2 unspecified atom stereocenters. The summed E-state index contributed by atoms with van der Waals surface area (Å²) >= 11 is 0. The summed E-state index contributed by atoms with van der Waals surface area (Å²) < 4.78 is 34.3. The van der Waals surface area contributed by atoms with E-state index in [2.05, 4.69) is 10.3 Å². The predicted octanol–water partition coefficient (Wildman–Crippen LogP) is 4.16. The van der Waals surface area contributed by atoms with E-state index in [1.54, 1.807) is 6.21 Å². The van der Waals surface area contributed by atoms with E-state index in [0.29, 0.717) is 12.0 Å². The average molecular weight is 352 g/mol. The molecule has 0 spiro atoms. The normalized spacial score (nSPS) is 20.5. The van der Waals surface area contributed by atoms with E-state index in [1.165, 1.54) is 6.07 Å². The molecule has 3 nitrogen and oxygen atoms in total. The maximum absolute atomic E-state index is 14.5. The van der Waals surface area contributed by atoms with Crippen molar-refractivity contribution in [3.63, 3.8) is 0 Å². The van der Waals surface area contributed by atoms with Gasteiger partial charge in [0.25, 0.3) is 0 Å². The van der Waals surface area contributed by atoms with Crippen LogP contribution in [-0.2, 0) is 13.0 Å². The molecule has 2 aliphatic heterocycles. The van der Waals surface area contributed by atoms with Gasteiger partial charge in [0, 0.05) is 18.2 Å². The Balaban J connectivity index is 1.47. The van der Waals surface area contributed by atoms with Gasteiger partial charge in [-0.2, -0.15) is 0 Å². The number of hydrogen-bond donors (Lipinski definition) is 1. The summed E-state index contributed by atoms with van der Waals surface area (Å²) in [5.74, 6) is -1.02. The first-order valence-corrected chi connectivity index (χ1v) is 8.50. The van der Waals surface area contributed by atoms with Gasteiger partial charge in [-0.15, -0.1) is 0 Å². The summed E-state index contributed by atoms with van der Waals surface area (Å²) in [5.41, 5.74) is 2.19. The Hall–Kier alpha value is -2.95. The topological polar surface area (TPSA) is 33.6 Å². The minimum absolute atomic E-state index is 0.0450. The molecule has 5 heteroatoms. The van der Waals surface area contributed by atoms with E-state index in [0.717, 1.165) is 17.2 Å². The van der Waals surface area contributed by atoms with E-state index in [4.69, 9.17) is 4.74 Å². The molecule has 1 N–H and O–H groups in total. The third-order valence-corrected chi connectivity index (χ3v) is 4.59. The number of ether oxygens (including phenoxy) is 1. The second-order valence-electron chi connectivity index (χ2n) is 6.36. The van der Waals surface area contributed by atoms with Gasteiger partial charge in [-0.25, -0.2) is 8.78 Å². The molecule has 0 amide bonds. The van der Waals surface area contributed by atoms with Crippen LogP contribution in [0.5, 0.6) is 5.75 Å². The van der Waals surface area contributed by atoms with Gasteiger partial charge < -0.3 is 10.1 Å². The number of nitrogens with one attached hydrogen (secondary N) is 1. The van der Waals surface area contributed by atoms with Crippen LogP contribution in [0.2, 0.25) is 0 Å². The van der Waals surface area contributed by atoms with Crippen molar-refractivity contribution >= 4 is 6.21 Å². The number of dihydropyridines is 1. The highest BCUT2D eigenvalue weighted by atomic mass is 19.1. The average Bonchev–Trinajstić information content (AvgIpc) is 3.07. The zero-order valence-corrected chi connectivity index (χ0v) is 14.0. The van der Waals surface area contributed by atoms with Crippen molar-refractivity contribution < 1.29 is 13.5 Å². The fourth-order valence-electron chi connectivity index (χ4n) is 3.21. The van der Waals surface area contributed by atoms with E-state index < -0.39 is 11.6 Å². The van der Waals surface area contributed by atoms with E-state index >= 15 is 0 Å². The molecule has 0 fully saturated rings. The molecule has 2 aromatic carbocycles. The lowest BCUT2D eigenvalue weighted by atomic mass is 9.92. The Bertz CT molecular complexity index is 890. The first-order valence-electron chi connectivity index (χ1n) is 8.50. The summed E-state index contributed by atoms with van der Waals surface area (Å²) in [7, 11) is 0. The van der Waals surface area contributed by atoms with Crippen LogP contribution < -0.4 is 10.1 Å². The Kier molecular flexibility index (Phi) is 4.52. The monoisotopic (exact) mass is 352 g/mol. The lowest BCUT2D eigenvalue weighted by Crippen LogP contribution is -2.26. The van der Waals surface area contributed by atoms with Crippen molar-refractivity contribution in [3.8, 4) is 5.75 Å². The van der Waals surface area contributed by atoms with Crippen LogP contribution in [-0.4, -0.2) is 12.4 Å². The zero-order valence-electron chi connectivity index (χ0n) is 14.0. The number of allylic oxidation sites excluding steroid dienone is 1. The molecule has 26 heavy (non-hydrogen) atoms. The molecule has 0 saturated heterocycles. The van der Waals surface area contributed by atoms with Gasteiger partial charge in [0.1, 0.15) is 18.6 Å². The van der Waals surface area contributed by atoms with Crippen LogP contribution in [0, 0.1) is 17.6 Å². The van der Waals surface area contributed by atoms with Gasteiger partial charge in [-0.1, -0.05) is 36.4 Å². The molecule has 0 radical (unpaired) electrons. The third-order valence-electron chi connectivity index (χ3n) is 4.59. The number of benzene rings is 2. The largest absolute Gasteiger partial charge is 0.486 e.